The van der Waals surface area contributed by atoms with E-state index in [0.717, 1.165) is 0 Å². The summed E-state index contributed by atoms with van der Waals surface area (Å²) >= 11 is 0. The van der Waals surface area contributed by atoms with Crippen LogP contribution < -0.4 is 0 Å². The molecule has 0 N–H and O–H groups in total. The predicted octanol–water partition coefficient (Wildman–Crippen LogP) is 12.7. The van der Waals surface area contributed by atoms with Crippen molar-refractivity contribution in [2.75, 3.05) is 0 Å². The van der Waals surface area contributed by atoms with Gasteiger partial charge in [0.15, 0.2) is 0 Å². The first-order valence-electron chi connectivity index (χ1n) is 17.1. The number of rotatable bonds is 0. The molecule has 0 atom stereocenters. The van der Waals surface area contributed by atoms with Crippen LogP contribution in [0, 0.1) is 0 Å². The highest BCUT2D eigenvalue weighted by molar-refractivity contribution is 5.32. The average Bonchev–Trinajstić information content (AvgIpc) is 3.86. The summed E-state index contributed by atoms with van der Waals surface area (Å²) in [4.78, 5) is 0. The minimum absolute atomic E-state index is 1.30. The Morgan fingerprint density at radius 1 is 0.217 bits per heavy atom. The third-order valence-corrected chi connectivity index (χ3v) is 8.54. The average molecular weight is 613 g/mol. The highest BCUT2D eigenvalue weighted by atomic mass is 14.1. The van der Waals surface area contributed by atoms with Gasteiger partial charge < -0.3 is 0 Å². The van der Waals surface area contributed by atoms with Gasteiger partial charge in [0.25, 0.3) is 0 Å². The van der Waals surface area contributed by atoms with Crippen molar-refractivity contribution in [1.29, 1.82) is 0 Å². The van der Waals surface area contributed by atoms with Crippen LogP contribution in [-0.4, -0.2) is 0 Å². The molecule has 0 heterocycles. The Bertz CT molecular complexity index is 1140. The highest BCUT2D eigenvalue weighted by Crippen LogP contribution is 2.22. The van der Waals surface area contributed by atoms with Gasteiger partial charge in [0.1, 0.15) is 0 Å². The zero-order valence-electron chi connectivity index (χ0n) is 28.8. The summed E-state index contributed by atoms with van der Waals surface area (Å²) in [6.45, 7) is 24.0. The zero-order chi connectivity index (χ0) is 33.8. The van der Waals surface area contributed by atoms with Crippen LogP contribution in [0.5, 0.6) is 0 Å². The van der Waals surface area contributed by atoms with Crippen LogP contribution in [0.2, 0.25) is 0 Å². The molecule has 4 aromatic carbocycles. The first-order valence-corrected chi connectivity index (χ1v) is 17.1. The summed E-state index contributed by atoms with van der Waals surface area (Å²) in [7, 11) is 0. The van der Waals surface area contributed by atoms with E-state index >= 15 is 0 Å². The third kappa shape index (κ3) is 13.9. The minimum atomic E-state index is 1.30. The van der Waals surface area contributed by atoms with Crippen LogP contribution in [0.15, 0.2) is 150 Å². The molecule has 4 aliphatic rings. The van der Waals surface area contributed by atoms with Gasteiger partial charge >= 0.3 is 0 Å². The summed E-state index contributed by atoms with van der Waals surface area (Å²) in [6.07, 6.45) is 18.7. The van der Waals surface area contributed by atoms with Crippen LogP contribution in [0.1, 0.15) is 83.0 Å². The Morgan fingerprint density at radius 3 is 0.500 bits per heavy atom. The second-order valence-electron chi connectivity index (χ2n) is 11.2. The lowest BCUT2D eigenvalue weighted by Crippen LogP contribution is -2.00. The fourth-order valence-corrected chi connectivity index (χ4v) is 6.38. The molecule has 0 amide bonds. The molecule has 0 aliphatic heterocycles. The first kappa shape index (κ1) is 39.9. The third-order valence-electron chi connectivity index (χ3n) is 8.54. The molecular weight excluding hydrogens is 553 g/mol. The number of hydrogen-bond donors (Lipinski definition) is 0. The lowest BCUT2D eigenvalue weighted by molar-refractivity contribution is 0.685. The summed E-state index contributed by atoms with van der Waals surface area (Å²) in [5, 5.41) is 0. The molecule has 0 unspecified atom stereocenters. The van der Waals surface area contributed by atoms with Crippen molar-refractivity contribution in [3.05, 3.63) is 194 Å². The largest absolute Gasteiger partial charge is 0.106 e. The minimum Gasteiger partial charge on any atom is -0.106 e. The maximum Gasteiger partial charge on any atom is -0.0273 e. The van der Waals surface area contributed by atoms with Crippen LogP contribution in [-0.2, 0) is 51.4 Å². The molecule has 244 valence electrons. The summed E-state index contributed by atoms with van der Waals surface area (Å²) in [5.41, 5.74) is 12.6. The van der Waals surface area contributed by atoms with Gasteiger partial charge in [-0.15, -0.1) is 52.6 Å². The van der Waals surface area contributed by atoms with E-state index in [1.54, 1.807) is 44.5 Å². The van der Waals surface area contributed by atoms with E-state index in [1.165, 1.54) is 89.9 Å². The second-order valence-corrected chi connectivity index (χ2v) is 11.2. The van der Waals surface area contributed by atoms with Gasteiger partial charge in [-0.3, -0.25) is 0 Å². The molecule has 46 heavy (non-hydrogen) atoms. The van der Waals surface area contributed by atoms with Crippen LogP contribution in [0.25, 0.3) is 0 Å². The van der Waals surface area contributed by atoms with Crippen molar-refractivity contribution < 1.29 is 0 Å². The predicted molar refractivity (Wildman–Crippen MR) is 208 cm³/mol. The second kappa shape index (κ2) is 26.1. The SMILES string of the molecule is C=C.C=C.C=C.C=C.c1ccc2c(c1)CCC2.c1ccc2c(c1)CCC2.c1ccc2c(c1)CCCC2.c1ccc2c(c1)CCCC2. The molecule has 0 radical (unpaired) electrons. The molecule has 0 bridgehead atoms. The quantitative estimate of drug-likeness (QED) is 0.173. The maximum atomic E-state index is 3.00. The van der Waals surface area contributed by atoms with E-state index in [0.29, 0.717) is 0 Å². The van der Waals surface area contributed by atoms with E-state index in [1.807, 2.05) is 0 Å². The highest BCUT2D eigenvalue weighted by Gasteiger charge is 2.09. The van der Waals surface area contributed by atoms with Gasteiger partial charge in [0, 0.05) is 0 Å². The Labute approximate surface area is 283 Å². The van der Waals surface area contributed by atoms with Crippen LogP contribution in [0.3, 0.4) is 0 Å². The molecule has 4 aromatic rings. The molecule has 8 rings (SSSR count). The van der Waals surface area contributed by atoms with Gasteiger partial charge in [0.2, 0.25) is 0 Å². The Balaban J connectivity index is 0.000000286. The first-order chi connectivity index (χ1) is 22.9. The van der Waals surface area contributed by atoms with Gasteiger partial charge in [-0.2, -0.15) is 0 Å². The summed E-state index contributed by atoms with van der Waals surface area (Å²) < 4.78 is 0. The van der Waals surface area contributed by atoms with Gasteiger partial charge in [-0.05, 0) is 134 Å². The molecule has 0 fully saturated rings. The topological polar surface area (TPSA) is 0 Å². The smallest absolute Gasteiger partial charge is 0.0273 e. The van der Waals surface area contributed by atoms with Crippen molar-refractivity contribution in [2.45, 2.75) is 89.9 Å². The Kier molecular flexibility index (Phi) is 22.6. The van der Waals surface area contributed by atoms with Gasteiger partial charge in [-0.1, -0.05) is 97.1 Å². The Hall–Kier alpha value is -4.16. The van der Waals surface area contributed by atoms with Crippen molar-refractivity contribution >= 4 is 0 Å². The molecule has 0 saturated carbocycles. The monoisotopic (exact) mass is 612 g/mol. The normalized spacial score (nSPS) is 13.6. The molecule has 0 aromatic heterocycles. The standard InChI is InChI=1S/2C10H12.2C9H10.4C2H4/c2*1-2-6-10-8-4-3-7-9(10)5-1;2*1-2-5-9-7-3-6-8(9)4-1;4*1-2/h2*1-2,5-6H,3-4,7-8H2;2*1-2,4-5H,3,6-7H2;4*1-2H2. The Morgan fingerprint density at radius 2 is 0.348 bits per heavy atom. The summed E-state index contributed by atoms with van der Waals surface area (Å²) in [5.74, 6) is 0. The molecular formula is C46H60. The number of hydrogen-bond acceptors (Lipinski definition) is 0. The fraction of sp³-hybridized carbons (Fsp3) is 0.304. The zero-order valence-corrected chi connectivity index (χ0v) is 28.8. The molecule has 0 nitrogen and oxygen atoms in total. The molecule has 0 heteroatoms. The van der Waals surface area contributed by atoms with Crippen LogP contribution in [0.4, 0.5) is 0 Å². The lowest BCUT2D eigenvalue weighted by Gasteiger charge is -2.13. The van der Waals surface area contributed by atoms with E-state index in [-0.39, 0.29) is 0 Å². The van der Waals surface area contributed by atoms with E-state index in [9.17, 15) is 0 Å². The van der Waals surface area contributed by atoms with Crippen molar-refractivity contribution in [2.24, 2.45) is 0 Å². The van der Waals surface area contributed by atoms with Crippen LogP contribution >= 0.6 is 0 Å². The molecule has 0 saturated heterocycles. The number of benzene rings is 4. The van der Waals surface area contributed by atoms with E-state index in [2.05, 4.69) is 150 Å². The fourth-order valence-electron chi connectivity index (χ4n) is 6.38. The molecule has 4 aliphatic carbocycles. The van der Waals surface area contributed by atoms with E-state index in [4.69, 9.17) is 0 Å². The van der Waals surface area contributed by atoms with Crippen molar-refractivity contribution in [3.63, 3.8) is 0 Å². The lowest BCUT2D eigenvalue weighted by atomic mass is 9.92. The summed E-state index contributed by atoms with van der Waals surface area (Å²) in [6, 6.07) is 35.1. The molecule has 0 spiro atoms. The van der Waals surface area contributed by atoms with E-state index < -0.39 is 0 Å². The maximum absolute atomic E-state index is 3.00. The van der Waals surface area contributed by atoms with Gasteiger partial charge in [-0.25, -0.2) is 0 Å². The number of aryl methyl sites for hydroxylation is 8. The van der Waals surface area contributed by atoms with Gasteiger partial charge in [0.05, 0.1) is 0 Å². The van der Waals surface area contributed by atoms with Crippen molar-refractivity contribution in [1.82, 2.24) is 0 Å². The number of fused-ring (bicyclic) bond motifs is 4. The van der Waals surface area contributed by atoms with Crippen molar-refractivity contribution in [3.8, 4) is 0 Å².